The lowest BCUT2D eigenvalue weighted by molar-refractivity contribution is 0.395. The second-order valence-electron chi connectivity index (χ2n) is 4.45. The number of benzene rings is 1. The van der Waals surface area contributed by atoms with Crippen LogP contribution in [0.1, 0.15) is 5.56 Å². The van der Waals surface area contributed by atoms with Gasteiger partial charge in [0.1, 0.15) is 0 Å². The van der Waals surface area contributed by atoms with Crippen molar-refractivity contribution in [3.8, 4) is 34.3 Å². The molecule has 0 radical (unpaired) electrons. The van der Waals surface area contributed by atoms with Crippen molar-refractivity contribution >= 4 is 0 Å². The van der Waals surface area contributed by atoms with Gasteiger partial charge in [0.25, 0.3) is 5.89 Å². The lowest BCUT2D eigenvalue weighted by atomic mass is 10.1. The number of aryl methyl sites for hydroxylation is 2. The molecule has 7 heteroatoms. The van der Waals surface area contributed by atoms with E-state index in [-0.39, 0.29) is 23.0 Å². The van der Waals surface area contributed by atoms with Crippen molar-refractivity contribution in [1.29, 1.82) is 0 Å². The average molecular weight is 272 g/mol. The van der Waals surface area contributed by atoms with Gasteiger partial charge in [-0.25, -0.2) is 0 Å². The van der Waals surface area contributed by atoms with E-state index in [0.717, 1.165) is 0 Å². The molecule has 2 N–H and O–H groups in total. The van der Waals surface area contributed by atoms with Gasteiger partial charge < -0.3 is 14.7 Å². The molecule has 0 bridgehead atoms. The van der Waals surface area contributed by atoms with Crippen LogP contribution in [0.4, 0.5) is 0 Å². The van der Waals surface area contributed by atoms with Crippen LogP contribution in [0.25, 0.3) is 22.8 Å². The van der Waals surface area contributed by atoms with Crippen molar-refractivity contribution in [2.75, 3.05) is 0 Å². The number of rotatable bonds is 2. The zero-order valence-electron chi connectivity index (χ0n) is 10.9. The number of phenolic OH excluding ortho intramolecular Hbond substituents is 2. The highest BCUT2D eigenvalue weighted by molar-refractivity contribution is 5.69. The van der Waals surface area contributed by atoms with Gasteiger partial charge in [0.15, 0.2) is 11.5 Å². The van der Waals surface area contributed by atoms with Crippen LogP contribution in [0.5, 0.6) is 11.5 Å². The summed E-state index contributed by atoms with van der Waals surface area (Å²) in [6.07, 6.45) is 3.36. The van der Waals surface area contributed by atoms with E-state index >= 15 is 0 Å². The second kappa shape index (κ2) is 4.37. The van der Waals surface area contributed by atoms with Gasteiger partial charge in [-0.3, -0.25) is 4.68 Å². The van der Waals surface area contributed by atoms with Crippen molar-refractivity contribution < 1.29 is 14.7 Å². The van der Waals surface area contributed by atoms with Gasteiger partial charge in [0, 0.05) is 13.2 Å². The minimum Gasteiger partial charge on any atom is -0.504 e. The van der Waals surface area contributed by atoms with Gasteiger partial charge in [0.05, 0.1) is 17.3 Å². The van der Waals surface area contributed by atoms with E-state index in [1.165, 1.54) is 0 Å². The van der Waals surface area contributed by atoms with Gasteiger partial charge in [-0.15, -0.1) is 0 Å². The summed E-state index contributed by atoms with van der Waals surface area (Å²) in [5.74, 6) is 0.0410. The minimum atomic E-state index is -0.272. The summed E-state index contributed by atoms with van der Waals surface area (Å²) in [6.45, 7) is 1.69. The first-order chi connectivity index (χ1) is 9.56. The van der Waals surface area contributed by atoms with E-state index in [4.69, 9.17) is 4.52 Å². The highest BCUT2D eigenvalue weighted by Gasteiger charge is 2.17. The molecule has 0 amide bonds. The van der Waals surface area contributed by atoms with Crippen molar-refractivity contribution in [3.63, 3.8) is 0 Å². The van der Waals surface area contributed by atoms with Crippen LogP contribution in [-0.4, -0.2) is 30.1 Å². The maximum atomic E-state index is 9.92. The summed E-state index contributed by atoms with van der Waals surface area (Å²) in [7, 11) is 1.79. The Balaban J connectivity index is 2.04. The standard InChI is InChI=1S/C13H12N4O3/c1-7-3-4-9(11(19)10(7)18)13-15-12(16-20-13)8-5-14-17(2)6-8/h3-6,18-19H,1-2H3. The van der Waals surface area contributed by atoms with Crippen LogP contribution in [0.2, 0.25) is 0 Å². The molecule has 0 unspecified atom stereocenters. The zero-order chi connectivity index (χ0) is 14.3. The summed E-state index contributed by atoms with van der Waals surface area (Å²) in [6, 6.07) is 3.28. The van der Waals surface area contributed by atoms with Crippen molar-refractivity contribution in [3.05, 3.63) is 30.1 Å². The fourth-order valence-electron chi connectivity index (χ4n) is 1.84. The van der Waals surface area contributed by atoms with Gasteiger partial charge in [-0.05, 0) is 18.6 Å². The van der Waals surface area contributed by atoms with Crippen LogP contribution in [0.3, 0.4) is 0 Å². The van der Waals surface area contributed by atoms with Crippen LogP contribution in [0.15, 0.2) is 29.0 Å². The van der Waals surface area contributed by atoms with Crippen LogP contribution < -0.4 is 0 Å². The third-order valence-electron chi connectivity index (χ3n) is 2.97. The lowest BCUT2D eigenvalue weighted by Crippen LogP contribution is -1.84. The second-order valence-corrected chi connectivity index (χ2v) is 4.45. The maximum Gasteiger partial charge on any atom is 0.262 e. The SMILES string of the molecule is Cc1ccc(-c2nc(-c3cnn(C)c3)no2)c(O)c1O. The molecule has 0 aliphatic rings. The predicted molar refractivity (Wildman–Crippen MR) is 70.0 cm³/mol. The molecule has 3 rings (SSSR count). The molecule has 0 aliphatic heterocycles. The average Bonchev–Trinajstić information content (AvgIpc) is 3.05. The molecule has 0 spiro atoms. The molecule has 102 valence electrons. The Kier molecular flexibility index (Phi) is 2.67. The van der Waals surface area contributed by atoms with Crippen LogP contribution in [-0.2, 0) is 7.05 Å². The molecule has 0 saturated carbocycles. The number of hydrogen-bond donors (Lipinski definition) is 2. The van der Waals surface area contributed by atoms with Crippen molar-refractivity contribution in [1.82, 2.24) is 19.9 Å². The molecule has 2 heterocycles. The van der Waals surface area contributed by atoms with Crippen LogP contribution in [0, 0.1) is 6.92 Å². The topological polar surface area (TPSA) is 97.2 Å². The van der Waals surface area contributed by atoms with Crippen molar-refractivity contribution in [2.45, 2.75) is 6.92 Å². The van der Waals surface area contributed by atoms with Gasteiger partial charge in [-0.1, -0.05) is 11.2 Å². The van der Waals surface area contributed by atoms with E-state index in [0.29, 0.717) is 17.0 Å². The molecule has 0 fully saturated rings. The fraction of sp³-hybridized carbons (Fsp3) is 0.154. The van der Waals surface area contributed by atoms with E-state index in [1.807, 2.05) is 0 Å². The Morgan fingerprint density at radius 2 is 2.00 bits per heavy atom. The summed E-state index contributed by atoms with van der Waals surface area (Å²) in [5.41, 5.74) is 1.56. The number of aromatic nitrogens is 4. The summed E-state index contributed by atoms with van der Waals surface area (Å²) < 4.78 is 6.75. The Bertz CT molecular complexity index is 776. The third-order valence-corrected chi connectivity index (χ3v) is 2.97. The maximum absolute atomic E-state index is 9.92. The molecule has 0 aliphatic carbocycles. The van der Waals surface area contributed by atoms with E-state index in [9.17, 15) is 10.2 Å². The number of hydrogen-bond acceptors (Lipinski definition) is 6. The first kappa shape index (κ1) is 12.2. The largest absolute Gasteiger partial charge is 0.504 e. The normalized spacial score (nSPS) is 10.9. The highest BCUT2D eigenvalue weighted by atomic mass is 16.5. The van der Waals surface area contributed by atoms with E-state index < -0.39 is 0 Å². The van der Waals surface area contributed by atoms with Gasteiger partial charge in [-0.2, -0.15) is 10.1 Å². The Morgan fingerprint density at radius 1 is 1.20 bits per heavy atom. The molecule has 0 saturated heterocycles. The third kappa shape index (κ3) is 1.89. The molecular weight excluding hydrogens is 260 g/mol. The van der Waals surface area contributed by atoms with E-state index in [2.05, 4.69) is 15.2 Å². The van der Waals surface area contributed by atoms with Gasteiger partial charge >= 0.3 is 0 Å². The molecule has 3 aromatic rings. The molecule has 0 atom stereocenters. The number of nitrogens with zero attached hydrogens (tertiary/aromatic N) is 4. The Morgan fingerprint density at radius 3 is 2.70 bits per heavy atom. The molecule has 7 nitrogen and oxygen atoms in total. The highest BCUT2D eigenvalue weighted by Crippen LogP contribution is 2.38. The fourth-order valence-corrected chi connectivity index (χ4v) is 1.84. The lowest BCUT2D eigenvalue weighted by Gasteiger charge is -2.04. The summed E-state index contributed by atoms with van der Waals surface area (Å²) in [5, 5.41) is 27.5. The first-order valence-corrected chi connectivity index (χ1v) is 5.91. The molecule has 20 heavy (non-hydrogen) atoms. The minimum absolute atomic E-state index is 0.136. The number of phenols is 2. The van der Waals surface area contributed by atoms with Gasteiger partial charge in [0.2, 0.25) is 5.82 Å². The monoisotopic (exact) mass is 272 g/mol. The van der Waals surface area contributed by atoms with Crippen molar-refractivity contribution in [2.24, 2.45) is 7.05 Å². The smallest absolute Gasteiger partial charge is 0.262 e. The Labute approximate surface area is 114 Å². The first-order valence-electron chi connectivity index (χ1n) is 5.91. The van der Waals surface area contributed by atoms with Crippen LogP contribution >= 0.6 is 0 Å². The Hall–Kier alpha value is -2.83. The summed E-state index contributed by atoms with van der Waals surface area (Å²) in [4.78, 5) is 4.19. The molecule has 2 aromatic heterocycles. The van der Waals surface area contributed by atoms with E-state index in [1.54, 1.807) is 43.2 Å². The summed E-state index contributed by atoms with van der Waals surface area (Å²) >= 11 is 0. The zero-order valence-corrected chi connectivity index (χ0v) is 10.9. The number of aromatic hydroxyl groups is 2. The quantitative estimate of drug-likeness (QED) is 0.691. The molecule has 1 aromatic carbocycles. The predicted octanol–water partition coefficient (Wildman–Crippen LogP) is 1.86. The molecular formula is C13H12N4O3.